The normalized spacial score (nSPS) is 55.4. The SMILES string of the molecule is COC(=O)[C@@H]1O[C@H](O[C@H]2CC[C@@]3(C)[C@@H](CC[C@]4(C)[C@@H]3CC=C3[C@H]5CC(C)(C)C[C@@H](O)[C@@]5(C)CC[C@]34C)[C@]2(C)CO)[C@@H](O[C@H]2OC[C@H](O)[C@@H](O)[C@@H]2O[C@H]2O[C@@H](C)[C@H](O)[C@@H](O)[C@@H]2O)[C@H](O)[C@H]1O. The van der Waals surface area contributed by atoms with E-state index < -0.39 is 110 Å². The molecule has 0 bridgehead atoms. The molecule has 3 saturated heterocycles. The Bertz CT molecular complexity index is 1780. The van der Waals surface area contributed by atoms with E-state index in [1.54, 1.807) is 0 Å². The van der Waals surface area contributed by atoms with Crippen LogP contribution >= 0.6 is 0 Å². The van der Waals surface area contributed by atoms with Gasteiger partial charge in [0, 0.05) is 10.8 Å². The summed E-state index contributed by atoms with van der Waals surface area (Å²) in [5.74, 6) is -0.417. The van der Waals surface area contributed by atoms with Gasteiger partial charge in [-0.3, -0.25) is 0 Å². The zero-order valence-corrected chi connectivity index (χ0v) is 39.6. The van der Waals surface area contributed by atoms with Gasteiger partial charge in [-0.25, -0.2) is 4.79 Å². The molecule has 0 spiro atoms. The van der Waals surface area contributed by atoms with Gasteiger partial charge in [0.05, 0.1) is 38.6 Å². The fourth-order valence-electron chi connectivity index (χ4n) is 14.9. The van der Waals surface area contributed by atoms with E-state index in [0.717, 1.165) is 58.5 Å². The molecule has 372 valence electrons. The van der Waals surface area contributed by atoms with Gasteiger partial charge in [0.1, 0.15) is 54.9 Å². The summed E-state index contributed by atoms with van der Waals surface area (Å²) in [7, 11) is 1.11. The van der Waals surface area contributed by atoms with E-state index in [9.17, 15) is 50.8 Å². The Labute approximate surface area is 382 Å². The molecule has 7 fully saturated rings. The first-order valence-electron chi connectivity index (χ1n) is 24.0. The number of hydrogen-bond acceptors (Lipinski definition) is 17. The van der Waals surface area contributed by atoms with Gasteiger partial charge >= 0.3 is 5.97 Å². The molecule has 9 N–H and O–H groups in total. The Hall–Kier alpha value is -1.39. The van der Waals surface area contributed by atoms with Gasteiger partial charge in [-0.15, -0.1) is 0 Å². The lowest BCUT2D eigenvalue weighted by Crippen LogP contribution is -2.68. The monoisotopic (exact) mass is 927 g/mol. The zero-order valence-electron chi connectivity index (χ0n) is 39.6. The second-order valence-electron chi connectivity index (χ2n) is 23.3. The van der Waals surface area contributed by atoms with E-state index in [0.29, 0.717) is 12.3 Å². The highest BCUT2D eigenvalue weighted by atomic mass is 16.8. The Morgan fingerprint density at radius 2 is 1.38 bits per heavy atom. The van der Waals surface area contributed by atoms with Crippen LogP contribution in [-0.2, 0) is 38.0 Å². The van der Waals surface area contributed by atoms with Crippen LogP contribution in [0.4, 0.5) is 0 Å². The van der Waals surface area contributed by atoms with E-state index in [1.165, 1.54) is 12.5 Å². The first-order chi connectivity index (χ1) is 30.3. The van der Waals surface area contributed by atoms with Crippen LogP contribution in [-0.4, -0.2) is 170 Å². The molecule has 17 nitrogen and oxygen atoms in total. The lowest BCUT2D eigenvalue weighted by molar-refractivity contribution is -0.387. The van der Waals surface area contributed by atoms with Crippen LogP contribution in [0.15, 0.2) is 11.6 Å². The van der Waals surface area contributed by atoms with Gasteiger partial charge < -0.3 is 79.1 Å². The number of aliphatic hydroxyl groups excluding tert-OH is 9. The molecule has 3 aliphatic heterocycles. The molecular formula is C48H78O17. The molecule has 0 unspecified atom stereocenters. The lowest BCUT2D eigenvalue weighted by atomic mass is 9.33. The molecule has 17 heteroatoms. The maximum Gasteiger partial charge on any atom is 0.337 e. The Morgan fingerprint density at radius 3 is 2.06 bits per heavy atom. The molecular weight excluding hydrogens is 849 g/mol. The first-order valence-corrected chi connectivity index (χ1v) is 24.0. The predicted octanol–water partition coefficient (Wildman–Crippen LogP) is 1.43. The van der Waals surface area contributed by atoms with Crippen LogP contribution in [0.5, 0.6) is 0 Å². The predicted molar refractivity (Wildman–Crippen MR) is 229 cm³/mol. The third kappa shape index (κ3) is 7.81. The standard InChI is InChI=1S/C48H78O17/c1-22-30(52)32(54)35(57)40(61-22)64-37-31(53)25(50)20-60-41(37)65-38-34(56)33(55)36(39(58)59-9)63-42(38)62-29-13-14-45(5)26(46(29,6)21-49)12-15-48(8)27(45)11-10-23-24-18-43(2,3)19-28(51)44(24,4)16-17-47(23,48)7/h10,22,24-38,40-42,49-57H,11-21H2,1-9H3/t22-,24+,25-,26+,27+,28+,29-,30-,31+,32+,33+,34+,35-,36+,37-,38-,40+,41+,42-,44-,45-,46-,47+,48+/m0/s1. The molecule has 24 atom stereocenters. The van der Waals surface area contributed by atoms with Crippen molar-refractivity contribution < 1.29 is 83.9 Å². The fraction of sp³-hybridized carbons (Fsp3) is 0.938. The van der Waals surface area contributed by atoms with Crippen LogP contribution in [0.3, 0.4) is 0 Å². The van der Waals surface area contributed by atoms with Crippen molar-refractivity contribution in [1.82, 2.24) is 0 Å². The summed E-state index contributed by atoms with van der Waals surface area (Å²) in [4.78, 5) is 13.0. The van der Waals surface area contributed by atoms with Crippen molar-refractivity contribution in [3.8, 4) is 0 Å². The summed E-state index contributed by atoms with van der Waals surface area (Å²) in [6.07, 6.45) is -13.6. The van der Waals surface area contributed by atoms with Crippen LogP contribution in [0.2, 0.25) is 0 Å². The first kappa shape index (κ1) is 50.0. The third-order valence-corrected chi connectivity index (χ3v) is 19.3. The maximum absolute atomic E-state index is 13.0. The van der Waals surface area contributed by atoms with Crippen molar-refractivity contribution in [3.05, 3.63) is 11.6 Å². The van der Waals surface area contributed by atoms with Crippen molar-refractivity contribution in [2.75, 3.05) is 20.3 Å². The minimum absolute atomic E-state index is 0.0242. The number of allylic oxidation sites excluding steroid dienone is 2. The number of carbonyl (C=O) groups is 1. The Morgan fingerprint density at radius 1 is 0.708 bits per heavy atom. The van der Waals surface area contributed by atoms with Gasteiger partial charge in [0.25, 0.3) is 0 Å². The minimum atomic E-state index is -1.88. The van der Waals surface area contributed by atoms with Crippen molar-refractivity contribution in [1.29, 1.82) is 0 Å². The fourth-order valence-corrected chi connectivity index (χ4v) is 14.9. The highest BCUT2D eigenvalue weighted by Gasteiger charge is 2.70. The molecule has 0 amide bonds. The largest absolute Gasteiger partial charge is 0.467 e. The number of fused-ring (bicyclic) bond motifs is 7. The summed E-state index contributed by atoms with van der Waals surface area (Å²) >= 11 is 0. The highest BCUT2D eigenvalue weighted by molar-refractivity contribution is 5.75. The van der Waals surface area contributed by atoms with Crippen LogP contribution < -0.4 is 0 Å². The van der Waals surface area contributed by atoms with Gasteiger partial charge in [0.2, 0.25) is 0 Å². The highest BCUT2D eigenvalue weighted by Crippen LogP contribution is 2.76. The molecule has 8 aliphatic rings. The van der Waals surface area contributed by atoms with Gasteiger partial charge in [-0.05, 0) is 104 Å². The molecule has 0 aromatic rings. The Balaban J connectivity index is 1.07. The second kappa shape index (κ2) is 17.5. The maximum atomic E-state index is 13.0. The van der Waals surface area contributed by atoms with Crippen molar-refractivity contribution in [3.63, 3.8) is 0 Å². The molecule has 0 radical (unpaired) electrons. The van der Waals surface area contributed by atoms with E-state index in [2.05, 4.69) is 47.6 Å². The summed E-state index contributed by atoms with van der Waals surface area (Å²) in [6, 6.07) is 0. The topological polar surface area (TPSA) is 264 Å². The lowest BCUT2D eigenvalue weighted by Gasteiger charge is -2.72. The summed E-state index contributed by atoms with van der Waals surface area (Å²) in [6.45, 7) is 17.0. The number of rotatable bonds is 8. The summed E-state index contributed by atoms with van der Waals surface area (Å²) in [5.41, 5.74) is 0.190. The number of ether oxygens (including phenoxy) is 7. The number of esters is 1. The van der Waals surface area contributed by atoms with Crippen LogP contribution in [0.1, 0.15) is 113 Å². The molecule has 8 rings (SSSR count). The molecule has 0 aromatic heterocycles. The zero-order chi connectivity index (χ0) is 47.6. The molecule has 65 heavy (non-hydrogen) atoms. The number of hydrogen-bond donors (Lipinski definition) is 9. The molecule has 3 heterocycles. The van der Waals surface area contributed by atoms with E-state index >= 15 is 0 Å². The van der Waals surface area contributed by atoms with Gasteiger partial charge in [-0.1, -0.05) is 60.1 Å². The van der Waals surface area contributed by atoms with Gasteiger partial charge in [0.15, 0.2) is 25.0 Å². The van der Waals surface area contributed by atoms with Gasteiger partial charge in [-0.2, -0.15) is 0 Å². The molecule has 4 saturated carbocycles. The van der Waals surface area contributed by atoms with Crippen molar-refractivity contribution in [2.45, 2.75) is 211 Å². The number of carbonyl (C=O) groups excluding carboxylic acids is 1. The molecule has 0 aromatic carbocycles. The second-order valence-corrected chi connectivity index (χ2v) is 23.3. The smallest absolute Gasteiger partial charge is 0.337 e. The van der Waals surface area contributed by atoms with E-state index in [-0.39, 0.29) is 51.6 Å². The average molecular weight is 927 g/mol. The molecule has 5 aliphatic carbocycles. The van der Waals surface area contributed by atoms with Crippen LogP contribution in [0, 0.1) is 50.2 Å². The quantitative estimate of drug-likeness (QED) is 0.0948. The number of methoxy groups -OCH3 is 1. The Kier molecular flexibility index (Phi) is 13.4. The van der Waals surface area contributed by atoms with E-state index in [4.69, 9.17) is 33.2 Å². The van der Waals surface area contributed by atoms with Crippen molar-refractivity contribution >= 4 is 5.97 Å². The third-order valence-electron chi connectivity index (χ3n) is 19.3. The van der Waals surface area contributed by atoms with Crippen LogP contribution in [0.25, 0.3) is 0 Å². The summed E-state index contributed by atoms with van der Waals surface area (Å²) < 4.78 is 41.5. The summed E-state index contributed by atoms with van der Waals surface area (Å²) in [5, 5.41) is 99.4. The average Bonchev–Trinajstić information content (AvgIpc) is 3.25. The number of aliphatic hydroxyl groups is 9. The van der Waals surface area contributed by atoms with Crippen molar-refractivity contribution in [2.24, 2.45) is 50.2 Å². The van der Waals surface area contributed by atoms with E-state index in [1.807, 2.05) is 6.92 Å². The minimum Gasteiger partial charge on any atom is -0.467 e.